The smallest absolute Gasteiger partial charge is 0.225 e. The van der Waals surface area contributed by atoms with Crippen LogP contribution in [0.15, 0.2) is 18.2 Å². The van der Waals surface area contributed by atoms with Crippen LogP contribution in [0.25, 0.3) is 0 Å². The predicted octanol–water partition coefficient (Wildman–Crippen LogP) is 3.00. The first-order valence-corrected chi connectivity index (χ1v) is 7.69. The van der Waals surface area contributed by atoms with E-state index in [9.17, 15) is 9.18 Å². The zero-order valence-electron chi connectivity index (χ0n) is 12.6. The molecule has 5 heteroatoms. The van der Waals surface area contributed by atoms with E-state index in [0.717, 1.165) is 19.5 Å². The van der Waals surface area contributed by atoms with Crippen LogP contribution in [0.3, 0.4) is 0 Å². The molecule has 0 saturated carbocycles. The van der Waals surface area contributed by atoms with E-state index in [4.69, 9.17) is 5.73 Å². The predicted molar refractivity (Wildman–Crippen MR) is 83.6 cm³/mol. The number of likely N-dealkylation sites (tertiary alicyclic amines) is 1. The van der Waals surface area contributed by atoms with Gasteiger partial charge in [-0.25, -0.2) is 4.39 Å². The van der Waals surface area contributed by atoms with Crippen LogP contribution in [0.4, 0.5) is 15.8 Å². The van der Waals surface area contributed by atoms with Gasteiger partial charge in [-0.3, -0.25) is 9.69 Å². The fourth-order valence-corrected chi connectivity index (χ4v) is 2.91. The van der Waals surface area contributed by atoms with E-state index in [2.05, 4.69) is 17.1 Å². The maximum absolute atomic E-state index is 13.1. The third-order valence-electron chi connectivity index (χ3n) is 4.13. The van der Waals surface area contributed by atoms with E-state index in [1.165, 1.54) is 37.5 Å². The molecule has 0 bridgehead atoms. The Hall–Kier alpha value is -1.62. The first-order valence-electron chi connectivity index (χ1n) is 7.69. The molecule has 116 valence electrons. The van der Waals surface area contributed by atoms with Crippen LogP contribution >= 0.6 is 0 Å². The van der Waals surface area contributed by atoms with Crippen LogP contribution in [0, 0.1) is 5.82 Å². The third kappa shape index (κ3) is 4.43. The van der Waals surface area contributed by atoms with Crippen molar-refractivity contribution in [3.8, 4) is 0 Å². The van der Waals surface area contributed by atoms with E-state index in [0.29, 0.717) is 18.2 Å². The molecule has 0 aromatic heterocycles. The summed E-state index contributed by atoms with van der Waals surface area (Å²) in [6, 6.07) is 4.85. The van der Waals surface area contributed by atoms with Crippen molar-refractivity contribution >= 4 is 17.3 Å². The zero-order chi connectivity index (χ0) is 15.2. The summed E-state index contributed by atoms with van der Waals surface area (Å²) in [6.07, 6.45) is 5.32. The molecule has 4 nitrogen and oxygen atoms in total. The Morgan fingerprint density at radius 3 is 3.00 bits per heavy atom. The van der Waals surface area contributed by atoms with Crippen LogP contribution in [0.1, 0.15) is 39.0 Å². The van der Waals surface area contributed by atoms with Gasteiger partial charge in [0.1, 0.15) is 5.82 Å². The average Bonchev–Trinajstić information content (AvgIpc) is 2.49. The fourth-order valence-electron chi connectivity index (χ4n) is 2.91. The third-order valence-corrected chi connectivity index (χ3v) is 4.13. The van der Waals surface area contributed by atoms with Gasteiger partial charge in [0.15, 0.2) is 0 Å². The Balaban J connectivity index is 1.82. The van der Waals surface area contributed by atoms with Gasteiger partial charge in [-0.2, -0.15) is 0 Å². The van der Waals surface area contributed by atoms with Gasteiger partial charge in [-0.05, 0) is 44.0 Å². The number of anilines is 2. The minimum Gasteiger partial charge on any atom is -0.396 e. The highest BCUT2D eigenvalue weighted by Gasteiger charge is 2.20. The molecule has 1 aliphatic rings. The Morgan fingerprint density at radius 2 is 2.29 bits per heavy atom. The van der Waals surface area contributed by atoms with Gasteiger partial charge in [-0.1, -0.05) is 13.3 Å². The van der Waals surface area contributed by atoms with Gasteiger partial charge in [0, 0.05) is 24.7 Å². The average molecular weight is 293 g/mol. The highest BCUT2D eigenvalue weighted by atomic mass is 19.1. The van der Waals surface area contributed by atoms with Crippen molar-refractivity contribution in [3.05, 3.63) is 24.0 Å². The molecule has 1 unspecified atom stereocenters. The second-order valence-corrected chi connectivity index (χ2v) is 5.63. The first kappa shape index (κ1) is 15.8. The molecule has 0 spiro atoms. The van der Waals surface area contributed by atoms with Crippen molar-refractivity contribution in [3.63, 3.8) is 0 Å². The molecular weight excluding hydrogens is 269 g/mol. The normalized spacial score (nSPS) is 19.4. The number of carbonyl (C=O) groups excluding carboxylic acids is 1. The molecule has 2 rings (SSSR count). The van der Waals surface area contributed by atoms with E-state index < -0.39 is 5.82 Å². The minimum absolute atomic E-state index is 0.0508. The van der Waals surface area contributed by atoms with Gasteiger partial charge in [-0.15, -0.1) is 0 Å². The Morgan fingerprint density at radius 1 is 1.48 bits per heavy atom. The summed E-state index contributed by atoms with van der Waals surface area (Å²) >= 11 is 0. The second kappa shape index (κ2) is 7.41. The molecule has 1 saturated heterocycles. The lowest BCUT2D eigenvalue weighted by Crippen LogP contribution is -2.40. The first-order chi connectivity index (χ1) is 10.1. The van der Waals surface area contributed by atoms with E-state index in [-0.39, 0.29) is 11.6 Å². The molecule has 1 atom stereocenters. The molecule has 1 heterocycles. The number of hydrogen-bond donors (Lipinski definition) is 2. The van der Waals surface area contributed by atoms with Crippen LogP contribution in [-0.4, -0.2) is 29.9 Å². The molecule has 0 radical (unpaired) electrons. The second-order valence-electron chi connectivity index (χ2n) is 5.63. The minimum atomic E-state index is -0.466. The van der Waals surface area contributed by atoms with Crippen LogP contribution in [0.2, 0.25) is 0 Å². The summed E-state index contributed by atoms with van der Waals surface area (Å²) in [5.74, 6) is -0.520. The van der Waals surface area contributed by atoms with Crippen LogP contribution in [0.5, 0.6) is 0 Å². The number of amides is 1. The number of carbonyl (C=O) groups is 1. The summed E-state index contributed by atoms with van der Waals surface area (Å²) in [5.41, 5.74) is 6.09. The number of nitrogens with one attached hydrogen (secondary N) is 1. The van der Waals surface area contributed by atoms with E-state index in [1.54, 1.807) is 0 Å². The Bertz CT molecular complexity index is 492. The van der Waals surface area contributed by atoms with Crippen molar-refractivity contribution in [2.24, 2.45) is 0 Å². The van der Waals surface area contributed by atoms with E-state index in [1.807, 2.05) is 0 Å². The number of benzene rings is 1. The number of nitrogens with two attached hydrogens (primary N) is 1. The molecule has 1 aromatic rings. The van der Waals surface area contributed by atoms with Crippen molar-refractivity contribution in [1.29, 1.82) is 0 Å². The molecule has 1 aliphatic heterocycles. The van der Waals surface area contributed by atoms with Gasteiger partial charge < -0.3 is 11.1 Å². The molecule has 1 amide bonds. The van der Waals surface area contributed by atoms with Gasteiger partial charge >= 0.3 is 0 Å². The molecule has 3 N–H and O–H groups in total. The molecule has 1 fully saturated rings. The number of halogens is 1. The van der Waals surface area contributed by atoms with Crippen molar-refractivity contribution in [1.82, 2.24) is 4.90 Å². The summed E-state index contributed by atoms with van der Waals surface area (Å²) in [4.78, 5) is 14.4. The SMILES string of the molecule is CCC1CCCCN1CCC(=O)Nc1ccc(F)c(N)c1. The fraction of sp³-hybridized carbons (Fsp3) is 0.562. The van der Waals surface area contributed by atoms with Gasteiger partial charge in [0.05, 0.1) is 5.69 Å². The van der Waals surface area contributed by atoms with Gasteiger partial charge in [0.2, 0.25) is 5.91 Å². The van der Waals surface area contributed by atoms with Gasteiger partial charge in [0.25, 0.3) is 0 Å². The quantitative estimate of drug-likeness (QED) is 0.821. The largest absolute Gasteiger partial charge is 0.396 e. The van der Waals surface area contributed by atoms with Crippen molar-refractivity contribution in [2.75, 3.05) is 24.1 Å². The topological polar surface area (TPSA) is 58.4 Å². The lowest BCUT2D eigenvalue weighted by molar-refractivity contribution is -0.116. The number of nitrogens with zero attached hydrogens (tertiary/aromatic N) is 1. The lowest BCUT2D eigenvalue weighted by atomic mass is 10.00. The maximum atomic E-state index is 13.1. The standard InChI is InChI=1S/C16H24FN3O/c1-2-13-5-3-4-9-20(13)10-8-16(21)19-12-6-7-14(17)15(18)11-12/h6-7,11,13H,2-5,8-10,18H2,1H3,(H,19,21). The maximum Gasteiger partial charge on any atom is 0.225 e. The number of rotatable bonds is 5. The summed E-state index contributed by atoms with van der Waals surface area (Å²) in [6.45, 7) is 4.06. The van der Waals surface area contributed by atoms with Crippen LogP contribution in [-0.2, 0) is 4.79 Å². The molecule has 1 aromatic carbocycles. The highest BCUT2D eigenvalue weighted by molar-refractivity contribution is 5.91. The monoisotopic (exact) mass is 293 g/mol. The van der Waals surface area contributed by atoms with Crippen molar-refractivity contribution in [2.45, 2.75) is 45.1 Å². The summed E-state index contributed by atoms with van der Waals surface area (Å²) in [7, 11) is 0. The lowest BCUT2D eigenvalue weighted by Gasteiger charge is -2.35. The Labute approximate surface area is 125 Å². The van der Waals surface area contributed by atoms with Crippen molar-refractivity contribution < 1.29 is 9.18 Å². The summed E-state index contributed by atoms with van der Waals surface area (Å²) in [5, 5.41) is 2.77. The number of hydrogen-bond acceptors (Lipinski definition) is 3. The summed E-state index contributed by atoms with van der Waals surface area (Å²) < 4.78 is 13.1. The number of piperidine rings is 1. The highest BCUT2D eigenvalue weighted by Crippen LogP contribution is 2.20. The molecular formula is C16H24FN3O. The van der Waals surface area contributed by atoms with Crippen LogP contribution < -0.4 is 11.1 Å². The zero-order valence-corrected chi connectivity index (χ0v) is 12.6. The molecule has 0 aliphatic carbocycles. The Kier molecular flexibility index (Phi) is 5.56. The van der Waals surface area contributed by atoms with E-state index >= 15 is 0 Å². The number of nitrogen functional groups attached to an aromatic ring is 1. The molecule has 21 heavy (non-hydrogen) atoms.